The smallest absolute Gasteiger partial charge is 0.300 e. The van der Waals surface area contributed by atoms with Gasteiger partial charge in [0.1, 0.15) is 18.1 Å². The first-order chi connectivity index (χ1) is 8.72. The predicted molar refractivity (Wildman–Crippen MR) is 73.6 cm³/mol. The van der Waals surface area contributed by atoms with E-state index in [0.29, 0.717) is 5.69 Å². The number of nitrogens with zero attached hydrogens (tertiary/aromatic N) is 1. The van der Waals surface area contributed by atoms with E-state index in [4.69, 9.17) is 5.11 Å². The fourth-order valence-corrected chi connectivity index (χ4v) is 2.50. The normalized spacial score (nSPS) is 11.6. The average Bonchev–Trinajstić information content (AvgIpc) is 2.22. The van der Waals surface area contributed by atoms with Crippen molar-refractivity contribution in [3.63, 3.8) is 0 Å². The zero-order valence-electron chi connectivity index (χ0n) is 11.1. The van der Waals surface area contributed by atoms with Crippen molar-refractivity contribution in [3.05, 3.63) is 23.9 Å². The van der Waals surface area contributed by atoms with Crippen LogP contribution in [0.2, 0.25) is 0 Å². The van der Waals surface area contributed by atoms with Crippen molar-refractivity contribution in [2.75, 3.05) is 11.3 Å². The van der Waals surface area contributed by atoms with Crippen LogP contribution in [0.3, 0.4) is 0 Å². The molecule has 0 aliphatic heterocycles. The van der Waals surface area contributed by atoms with Gasteiger partial charge in [0, 0.05) is 5.54 Å². The summed E-state index contributed by atoms with van der Waals surface area (Å²) in [5.41, 5.74) is -0.204. The monoisotopic (exact) mass is 283 g/mol. The SMILES string of the molecule is CC(C)(C)NS(=O)(=O)Nc1cccc(C#CCO)n1. The lowest BCUT2D eigenvalue weighted by Crippen LogP contribution is -2.43. The van der Waals surface area contributed by atoms with Gasteiger partial charge in [0.15, 0.2) is 0 Å². The molecular weight excluding hydrogens is 266 g/mol. The van der Waals surface area contributed by atoms with Crippen molar-refractivity contribution in [1.29, 1.82) is 0 Å². The zero-order valence-corrected chi connectivity index (χ0v) is 11.9. The molecule has 0 radical (unpaired) electrons. The summed E-state index contributed by atoms with van der Waals surface area (Å²) in [6, 6.07) is 4.77. The highest BCUT2D eigenvalue weighted by molar-refractivity contribution is 7.90. The van der Waals surface area contributed by atoms with Crippen LogP contribution in [-0.2, 0) is 10.2 Å². The second kappa shape index (κ2) is 6.02. The number of nitrogens with one attached hydrogen (secondary N) is 2. The Hall–Kier alpha value is -1.62. The maximum atomic E-state index is 11.8. The highest BCUT2D eigenvalue weighted by Crippen LogP contribution is 2.08. The van der Waals surface area contributed by atoms with Crippen molar-refractivity contribution in [1.82, 2.24) is 9.71 Å². The number of rotatable bonds is 3. The van der Waals surface area contributed by atoms with Gasteiger partial charge in [-0.25, -0.2) is 4.98 Å². The quantitative estimate of drug-likeness (QED) is 0.703. The van der Waals surface area contributed by atoms with E-state index >= 15 is 0 Å². The highest BCUT2D eigenvalue weighted by Gasteiger charge is 2.19. The number of anilines is 1. The summed E-state index contributed by atoms with van der Waals surface area (Å²) in [4.78, 5) is 4.01. The van der Waals surface area contributed by atoms with Crippen LogP contribution in [-0.4, -0.2) is 30.7 Å². The van der Waals surface area contributed by atoms with Crippen LogP contribution in [0, 0.1) is 11.8 Å². The molecule has 0 amide bonds. The summed E-state index contributed by atoms with van der Waals surface area (Å²) in [6.45, 7) is 4.94. The Morgan fingerprint density at radius 1 is 1.37 bits per heavy atom. The second-order valence-corrected chi connectivity index (χ2v) is 6.24. The van der Waals surface area contributed by atoms with Crippen molar-refractivity contribution >= 4 is 16.0 Å². The molecule has 0 aromatic carbocycles. The number of hydrogen-bond acceptors (Lipinski definition) is 4. The Balaban J connectivity index is 2.88. The van der Waals surface area contributed by atoms with Crippen LogP contribution in [0.1, 0.15) is 26.5 Å². The van der Waals surface area contributed by atoms with Crippen LogP contribution in [0.15, 0.2) is 18.2 Å². The van der Waals surface area contributed by atoms with Crippen LogP contribution in [0.5, 0.6) is 0 Å². The molecule has 1 rings (SSSR count). The summed E-state index contributed by atoms with van der Waals surface area (Å²) < 4.78 is 28.4. The lowest BCUT2D eigenvalue weighted by Gasteiger charge is -2.20. The van der Waals surface area contributed by atoms with Crippen molar-refractivity contribution in [3.8, 4) is 11.8 Å². The molecule has 0 atom stereocenters. The fraction of sp³-hybridized carbons (Fsp3) is 0.417. The van der Waals surface area contributed by atoms with Gasteiger partial charge in [-0.1, -0.05) is 12.0 Å². The van der Waals surface area contributed by atoms with Gasteiger partial charge in [-0.2, -0.15) is 13.1 Å². The van der Waals surface area contributed by atoms with Gasteiger partial charge in [0.2, 0.25) is 0 Å². The van der Waals surface area contributed by atoms with Crippen LogP contribution < -0.4 is 9.44 Å². The van der Waals surface area contributed by atoms with Gasteiger partial charge in [-0.3, -0.25) is 4.72 Å². The maximum absolute atomic E-state index is 11.8. The standard InChI is InChI=1S/C12H17N3O3S/c1-12(2,3)15-19(17,18)14-11-8-4-6-10(13-11)7-5-9-16/h4,6,8,15-16H,9H2,1-3H3,(H,13,14). The fourth-order valence-electron chi connectivity index (χ4n) is 1.26. The van der Waals surface area contributed by atoms with E-state index < -0.39 is 15.7 Å². The minimum absolute atomic E-state index is 0.168. The number of aliphatic hydroxyl groups is 1. The summed E-state index contributed by atoms with van der Waals surface area (Å²) in [6.07, 6.45) is 0. The van der Waals surface area contributed by atoms with E-state index in [1.54, 1.807) is 32.9 Å². The van der Waals surface area contributed by atoms with E-state index in [-0.39, 0.29) is 12.4 Å². The first-order valence-electron chi connectivity index (χ1n) is 5.60. The van der Waals surface area contributed by atoms with E-state index in [0.717, 1.165) is 0 Å². The van der Waals surface area contributed by atoms with Gasteiger partial charge < -0.3 is 5.11 Å². The first-order valence-corrected chi connectivity index (χ1v) is 7.09. The molecule has 0 saturated heterocycles. The Morgan fingerprint density at radius 2 is 2.05 bits per heavy atom. The summed E-state index contributed by atoms with van der Waals surface area (Å²) in [5, 5.41) is 8.59. The Morgan fingerprint density at radius 3 is 2.63 bits per heavy atom. The number of hydrogen-bond donors (Lipinski definition) is 3. The molecule has 0 unspecified atom stereocenters. The third-order valence-corrected chi connectivity index (χ3v) is 3.08. The summed E-state index contributed by atoms with van der Waals surface area (Å²) >= 11 is 0. The van der Waals surface area contributed by atoms with E-state index in [1.165, 1.54) is 6.07 Å². The Kier molecular flexibility index (Phi) is 4.89. The van der Waals surface area contributed by atoms with Gasteiger partial charge in [0.25, 0.3) is 0 Å². The summed E-state index contributed by atoms with van der Waals surface area (Å²) in [7, 11) is -3.69. The second-order valence-electron chi connectivity index (χ2n) is 4.83. The van der Waals surface area contributed by atoms with Crippen LogP contribution in [0.25, 0.3) is 0 Å². The molecule has 1 heterocycles. The minimum atomic E-state index is -3.69. The van der Waals surface area contributed by atoms with E-state index in [2.05, 4.69) is 26.3 Å². The maximum Gasteiger partial charge on any atom is 0.300 e. The molecule has 0 aliphatic rings. The third-order valence-electron chi connectivity index (χ3n) is 1.72. The molecule has 0 saturated carbocycles. The molecule has 0 bridgehead atoms. The molecule has 7 heteroatoms. The number of aromatic nitrogens is 1. The van der Waals surface area contributed by atoms with Crippen LogP contribution in [0.4, 0.5) is 5.82 Å². The van der Waals surface area contributed by atoms with Gasteiger partial charge >= 0.3 is 10.2 Å². The average molecular weight is 283 g/mol. The topological polar surface area (TPSA) is 91.3 Å². The lowest BCUT2D eigenvalue weighted by molar-refractivity contribution is 0.350. The zero-order chi connectivity index (χ0) is 14.5. The van der Waals surface area contributed by atoms with Gasteiger partial charge in [-0.15, -0.1) is 0 Å². The molecule has 6 nitrogen and oxygen atoms in total. The number of pyridine rings is 1. The van der Waals surface area contributed by atoms with Crippen molar-refractivity contribution in [2.24, 2.45) is 0 Å². The molecule has 1 aromatic heterocycles. The van der Waals surface area contributed by atoms with Crippen molar-refractivity contribution < 1.29 is 13.5 Å². The molecule has 3 N–H and O–H groups in total. The van der Waals surface area contributed by atoms with E-state index in [9.17, 15) is 8.42 Å². The number of aliphatic hydroxyl groups excluding tert-OH is 1. The van der Waals surface area contributed by atoms with E-state index in [1.807, 2.05) is 0 Å². The van der Waals surface area contributed by atoms with Crippen LogP contribution >= 0.6 is 0 Å². The highest BCUT2D eigenvalue weighted by atomic mass is 32.2. The van der Waals surface area contributed by atoms with Crippen molar-refractivity contribution in [2.45, 2.75) is 26.3 Å². The molecule has 104 valence electrons. The minimum Gasteiger partial charge on any atom is -0.384 e. The summed E-state index contributed by atoms with van der Waals surface area (Å²) in [5.74, 6) is 5.21. The Bertz CT molecular complexity index is 595. The Labute approximate surface area is 113 Å². The third kappa shape index (κ3) is 6.20. The van der Waals surface area contributed by atoms with Gasteiger partial charge in [-0.05, 0) is 38.8 Å². The molecule has 1 aromatic rings. The molecular formula is C12H17N3O3S. The predicted octanol–water partition coefficient (Wildman–Crippen LogP) is 0.470. The first kappa shape index (κ1) is 15.4. The largest absolute Gasteiger partial charge is 0.384 e. The molecule has 0 spiro atoms. The van der Waals surface area contributed by atoms with Gasteiger partial charge in [0.05, 0.1) is 0 Å². The molecule has 0 fully saturated rings. The molecule has 19 heavy (non-hydrogen) atoms. The lowest BCUT2D eigenvalue weighted by atomic mass is 10.1. The molecule has 0 aliphatic carbocycles.